The molecule has 1 saturated heterocycles. The first-order valence-corrected chi connectivity index (χ1v) is 14.1. The summed E-state index contributed by atoms with van der Waals surface area (Å²) in [4.78, 5) is 54.1. The second-order valence-corrected chi connectivity index (χ2v) is 11.2. The van der Waals surface area contributed by atoms with Crippen molar-refractivity contribution in [2.24, 2.45) is 5.14 Å². The highest BCUT2D eigenvalue weighted by molar-refractivity contribution is 7.89. The van der Waals surface area contributed by atoms with E-state index in [0.717, 1.165) is 4.90 Å². The number of imide groups is 1. The molecule has 40 heavy (non-hydrogen) atoms. The summed E-state index contributed by atoms with van der Waals surface area (Å²) in [6.07, 6.45) is 0.0602. The minimum Gasteiger partial charge on any atom is -0.465 e. The molecule has 0 aromatic heterocycles. The Morgan fingerprint density at radius 1 is 0.975 bits per heavy atom. The van der Waals surface area contributed by atoms with Crippen LogP contribution in [0.15, 0.2) is 77.7 Å². The van der Waals surface area contributed by atoms with Crippen molar-refractivity contribution in [1.82, 2.24) is 4.90 Å². The number of carbonyl (C=O) groups is 4. The van der Waals surface area contributed by atoms with Crippen molar-refractivity contribution in [3.63, 3.8) is 0 Å². The summed E-state index contributed by atoms with van der Waals surface area (Å²) >= 11 is 5.96. The first-order chi connectivity index (χ1) is 19.0. The quantitative estimate of drug-likeness (QED) is 0.301. The number of nitrogens with two attached hydrogens (primary N) is 1. The summed E-state index contributed by atoms with van der Waals surface area (Å²) in [5.41, 5.74) is 1.93. The molecule has 3 aromatic rings. The molecule has 1 fully saturated rings. The zero-order chi connectivity index (χ0) is 29.0. The van der Waals surface area contributed by atoms with Gasteiger partial charge in [-0.15, -0.1) is 0 Å². The Hall–Kier alpha value is -4.06. The molecule has 1 aliphatic heterocycles. The monoisotopic (exact) mass is 583 g/mol. The van der Waals surface area contributed by atoms with Gasteiger partial charge in [0.15, 0.2) is 0 Å². The fourth-order valence-corrected chi connectivity index (χ4v) is 5.06. The number of anilines is 1. The Kier molecular flexibility index (Phi) is 8.67. The summed E-state index contributed by atoms with van der Waals surface area (Å²) in [6, 6.07) is 17.4. The summed E-state index contributed by atoms with van der Waals surface area (Å²) in [5.74, 6) is -1.97. The van der Waals surface area contributed by atoms with Crippen LogP contribution in [0.5, 0.6) is 0 Å². The van der Waals surface area contributed by atoms with Gasteiger partial charge in [0.25, 0.3) is 5.91 Å². The number of primary sulfonamides is 1. The van der Waals surface area contributed by atoms with E-state index in [1.165, 1.54) is 48.4 Å². The Morgan fingerprint density at radius 3 is 2.15 bits per heavy atom. The number of ether oxygens (including phenoxy) is 1. The molecule has 208 valence electrons. The topological polar surface area (TPSA) is 144 Å². The van der Waals surface area contributed by atoms with Crippen molar-refractivity contribution in [3.05, 3.63) is 94.5 Å². The Balaban J connectivity index is 1.58. The van der Waals surface area contributed by atoms with Gasteiger partial charge in [0, 0.05) is 11.6 Å². The van der Waals surface area contributed by atoms with Crippen molar-refractivity contribution in [2.75, 3.05) is 18.6 Å². The maximum Gasteiger partial charge on any atom is 0.337 e. The first-order valence-electron chi connectivity index (χ1n) is 12.2. The maximum absolute atomic E-state index is 13.5. The number of hydrogen-bond acceptors (Lipinski definition) is 7. The number of rotatable bonds is 9. The highest BCUT2D eigenvalue weighted by atomic mass is 35.5. The van der Waals surface area contributed by atoms with Gasteiger partial charge in [-0.3, -0.25) is 14.4 Å². The zero-order valence-corrected chi connectivity index (χ0v) is 23.0. The largest absolute Gasteiger partial charge is 0.465 e. The van der Waals surface area contributed by atoms with Gasteiger partial charge < -0.3 is 9.64 Å². The Labute approximate surface area is 236 Å². The molecule has 3 amide bonds. The SMILES string of the molecule is COC(=O)c1ccc(N2C(=O)CC(N(CCc3ccc(S(N)(=O)=O)cc3)C(=O)Cc3ccc(Cl)cc3)C2=O)cc1. The Bertz CT molecular complexity index is 1540. The minimum absolute atomic E-state index is 0.0205. The van der Waals surface area contributed by atoms with Crippen LogP contribution in [0.25, 0.3) is 0 Å². The Morgan fingerprint density at radius 2 is 1.57 bits per heavy atom. The molecular formula is C28H26ClN3O7S. The van der Waals surface area contributed by atoms with Crippen molar-refractivity contribution < 1.29 is 32.3 Å². The lowest BCUT2D eigenvalue weighted by Crippen LogP contribution is -2.47. The predicted octanol–water partition coefficient (Wildman–Crippen LogP) is 2.72. The lowest BCUT2D eigenvalue weighted by Gasteiger charge is -2.28. The van der Waals surface area contributed by atoms with Gasteiger partial charge in [-0.2, -0.15) is 0 Å². The zero-order valence-electron chi connectivity index (χ0n) is 21.4. The van der Waals surface area contributed by atoms with E-state index in [1.807, 2.05) is 0 Å². The fraction of sp³-hybridized carbons (Fsp3) is 0.214. The molecule has 0 aliphatic carbocycles. The molecule has 0 bridgehead atoms. The van der Waals surface area contributed by atoms with Crippen LogP contribution in [0.2, 0.25) is 5.02 Å². The average Bonchev–Trinajstić information content (AvgIpc) is 3.22. The lowest BCUT2D eigenvalue weighted by molar-refractivity contribution is -0.137. The van der Waals surface area contributed by atoms with Crippen LogP contribution < -0.4 is 10.0 Å². The van der Waals surface area contributed by atoms with Crippen molar-refractivity contribution in [3.8, 4) is 0 Å². The molecule has 2 N–H and O–H groups in total. The molecular weight excluding hydrogens is 558 g/mol. The fourth-order valence-electron chi connectivity index (χ4n) is 4.42. The van der Waals surface area contributed by atoms with E-state index in [-0.39, 0.29) is 41.4 Å². The third-order valence-corrected chi connectivity index (χ3v) is 7.71. The van der Waals surface area contributed by atoms with Crippen molar-refractivity contribution in [1.29, 1.82) is 0 Å². The van der Waals surface area contributed by atoms with Crippen molar-refractivity contribution >= 4 is 51.0 Å². The summed E-state index contributed by atoms with van der Waals surface area (Å²) in [6.45, 7) is 0.0972. The highest BCUT2D eigenvalue weighted by Gasteiger charge is 2.44. The molecule has 1 heterocycles. The molecule has 1 aliphatic rings. The summed E-state index contributed by atoms with van der Waals surface area (Å²) < 4.78 is 27.8. The van der Waals surface area contributed by atoms with E-state index < -0.39 is 33.8 Å². The number of sulfonamides is 1. The second kappa shape index (κ2) is 12.0. The number of benzene rings is 3. The van der Waals surface area contributed by atoms with Gasteiger partial charge in [0.05, 0.1) is 36.1 Å². The predicted molar refractivity (Wildman–Crippen MR) is 147 cm³/mol. The molecule has 0 radical (unpaired) electrons. The number of methoxy groups -OCH3 is 1. The third kappa shape index (κ3) is 6.56. The van der Waals surface area contributed by atoms with Crippen LogP contribution in [-0.2, 0) is 42.0 Å². The van der Waals surface area contributed by atoms with Crippen molar-refractivity contribution in [2.45, 2.75) is 30.2 Å². The van der Waals surface area contributed by atoms with E-state index >= 15 is 0 Å². The molecule has 12 heteroatoms. The van der Waals surface area contributed by atoms with Gasteiger partial charge in [-0.05, 0) is 66.1 Å². The number of esters is 1. The van der Waals surface area contributed by atoms with Crippen LogP contribution >= 0.6 is 11.6 Å². The third-order valence-electron chi connectivity index (χ3n) is 6.53. The average molecular weight is 584 g/mol. The molecule has 10 nitrogen and oxygen atoms in total. The lowest BCUT2D eigenvalue weighted by atomic mass is 10.1. The normalized spacial score (nSPS) is 15.3. The number of nitrogens with zero attached hydrogens (tertiary/aromatic N) is 2. The van der Waals surface area contributed by atoms with Gasteiger partial charge in [0.1, 0.15) is 6.04 Å². The molecule has 3 aromatic carbocycles. The first kappa shape index (κ1) is 28.9. The number of hydrogen-bond donors (Lipinski definition) is 1. The highest BCUT2D eigenvalue weighted by Crippen LogP contribution is 2.27. The molecule has 4 rings (SSSR count). The summed E-state index contributed by atoms with van der Waals surface area (Å²) in [7, 11) is -2.61. The van der Waals surface area contributed by atoms with E-state index in [2.05, 4.69) is 4.74 Å². The molecule has 0 saturated carbocycles. The standard InChI is InChI=1S/C28H26ClN3O7S/c1-39-28(36)20-6-10-22(11-7-20)32-26(34)17-24(27(32)35)31(25(33)16-19-2-8-21(29)9-3-19)15-14-18-4-12-23(13-5-18)40(30,37)38/h2-13,24H,14-17H2,1H3,(H2,30,37,38). The van der Waals surface area contributed by atoms with E-state index in [0.29, 0.717) is 22.6 Å². The molecule has 1 atom stereocenters. The number of amides is 3. The number of halogens is 1. The molecule has 1 unspecified atom stereocenters. The minimum atomic E-state index is -3.86. The van der Waals surface area contributed by atoms with E-state index in [1.54, 1.807) is 36.4 Å². The van der Waals surface area contributed by atoms with Crippen LogP contribution in [-0.4, -0.2) is 56.7 Å². The van der Waals surface area contributed by atoms with Gasteiger partial charge in [-0.1, -0.05) is 35.9 Å². The van der Waals surface area contributed by atoms with Crippen LogP contribution in [0.3, 0.4) is 0 Å². The van der Waals surface area contributed by atoms with Crippen LogP contribution in [0.1, 0.15) is 27.9 Å². The summed E-state index contributed by atoms with van der Waals surface area (Å²) in [5, 5.41) is 5.68. The van der Waals surface area contributed by atoms with Gasteiger partial charge in [-0.25, -0.2) is 23.3 Å². The smallest absolute Gasteiger partial charge is 0.337 e. The second-order valence-electron chi connectivity index (χ2n) is 9.16. The van der Waals surface area contributed by atoms with Crippen LogP contribution in [0, 0.1) is 0 Å². The maximum atomic E-state index is 13.5. The molecule has 0 spiro atoms. The van der Waals surface area contributed by atoms with E-state index in [9.17, 15) is 27.6 Å². The number of carbonyl (C=O) groups excluding carboxylic acids is 4. The van der Waals surface area contributed by atoms with E-state index in [4.69, 9.17) is 16.7 Å². The van der Waals surface area contributed by atoms with Gasteiger partial charge >= 0.3 is 5.97 Å². The van der Waals surface area contributed by atoms with Gasteiger partial charge in [0.2, 0.25) is 21.8 Å². The van der Waals surface area contributed by atoms with Crippen LogP contribution in [0.4, 0.5) is 5.69 Å².